The topological polar surface area (TPSA) is 46.9 Å². The van der Waals surface area contributed by atoms with Crippen molar-refractivity contribution >= 4 is 5.91 Å². The predicted octanol–water partition coefficient (Wildman–Crippen LogP) is 2.01. The molecular weight excluding hydrogens is 238 g/mol. The molecule has 0 aliphatic rings. The summed E-state index contributed by atoms with van der Waals surface area (Å²) in [5.41, 5.74) is 3.59. The highest BCUT2D eigenvalue weighted by atomic mass is 16.1. The Balaban J connectivity index is 1.95. The third kappa shape index (κ3) is 3.02. The van der Waals surface area contributed by atoms with Gasteiger partial charge >= 0.3 is 0 Å². The van der Waals surface area contributed by atoms with E-state index in [4.69, 9.17) is 0 Å². The molecule has 0 spiro atoms. The zero-order valence-electron chi connectivity index (χ0n) is 11.6. The van der Waals surface area contributed by atoms with Gasteiger partial charge in [-0.15, -0.1) is 0 Å². The van der Waals surface area contributed by atoms with Gasteiger partial charge in [0, 0.05) is 19.3 Å². The lowest BCUT2D eigenvalue weighted by Gasteiger charge is -2.05. The van der Waals surface area contributed by atoms with E-state index in [0.29, 0.717) is 12.1 Å². The second-order valence-corrected chi connectivity index (χ2v) is 4.66. The molecule has 1 aromatic heterocycles. The van der Waals surface area contributed by atoms with Crippen LogP contribution in [0.4, 0.5) is 0 Å². The van der Waals surface area contributed by atoms with E-state index >= 15 is 0 Å². The van der Waals surface area contributed by atoms with Gasteiger partial charge in [-0.3, -0.25) is 9.48 Å². The lowest BCUT2D eigenvalue weighted by Crippen LogP contribution is -2.26. The van der Waals surface area contributed by atoms with Gasteiger partial charge in [-0.05, 0) is 25.8 Å². The Morgan fingerprint density at radius 1 is 1.26 bits per heavy atom. The largest absolute Gasteiger partial charge is 0.352 e. The van der Waals surface area contributed by atoms with E-state index in [1.165, 1.54) is 5.56 Å². The molecule has 0 unspecified atom stereocenters. The molecule has 4 nitrogen and oxygen atoms in total. The molecule has 1 amide bonds. The minimum Gasteiger partial charge on any atom is -0.352 e. The molecule has 0 atom stereocenters. The Kier molecular flexibility index (Phi) is 4.00. The van der Waals surface area contributed by atoms with Gasteiger partial charge in [0.05, 0.1) is 11.3 Å². The Morgan fingerprint density at radius 2 is 1.95 bits per heavy atom. The van der Waals surface area contributed by atoms with E-state index in [-0.39, 0.29) is 5.91 Å². The number of hydrogen-bond donors (Lipinski definition) is 1. The lowest BCUT2D eigenvalue weighted by atomic mass is 10.1. The summed E-state index contributed by atoms with van der Waals surface area (Å²) in [7, 11) is 1.85. The number of aryl methyl sites for hydroxylation is 2. The first-order chi connectivity index (χ1) is 9.09. The number of carbonyl (C=O) groups excluding carboxylic acids is 1. The Labute approximate surface area is 113 Å². The van der Waals surface area contributed by atoms with Crippen LogP contribution in [0.2, 0.25) is 0 Å². The summed E-state index contributed by atoms with van der Waals surface area (Å²) >= 11 is 0. The second-order valence-electron chi connectivity index (χ2n) is 4.66. The summed E-state index contributed by atoms with van der Waals surface area (Å²) in [6, 6.07) is 10.1. The Bertz CT molecular complexity index is 573. The summed E-state index contributed by atoms with van der Waals surface area (Å²) in [5, 5.41) is 7.20. The first-order valence-electron chi connectivity index (χ1n) is 6.42. The molecule has 0 aliphatic carbocycles. The quantitative estimate of drug-likeness (QED) is 0.910. The first kappa shape index (κ1) is 13.3. The molecule has 100 valence electrons. The molecule has 0 radical (unpaired) electrons. The number of nitrogens with one attached hydrogen (secondary N) is 1. The Hall–Kier alpha value is -2.10. The van der Waals surface area contributed by atoms with Crippen molar-refractivity contribution in [1.82, 2.24) is 15.1 Å². The predicted molar refractivity (Wildman–Crippen MR) is 75.2 cm³/mol. The van der Waals surface area contributed by atoms with Gasteiger partial charge in [0.1, 0.15) is 0 Å². The molecule has 0 bridgehead atoms. The third-order valence-electron chi connectivity index (χ3n) is 3.28. The summed E-state index contributed by atoms with van der Waals surface area (Å²) in [4.78, 5) is 12.1. The minimum absolute atomic E-state index is 0.0426. The zero-order chi connectivity index (χ0) is 13.8. The average Bonchev–Trinajstić information content (AvgIpc) is 2.64. The van der Waals surface area contributed by atoms with E-state index in [1.807, 2.05) is 39.1 Å². The molecule has 0 fully saturated rings. The summed E-state index contributed by atoms with van der Waals surface area (Å²) < 4.78 is 1.74. The van der Waals surface area contributed by atoms with Gasteiger partial charge < -0.3 is 5.32 Å². The maximum atomic E-state index is 12.1. The molecule has 2 aromatic rings. The van der Waals surface area contributed by atoms with Crippen molar-refractivity contribution in [1.29, 1.82) is 0 Å². The highest BCUT2D eigenvalue weighted by Crippen LogP contribution is 2.11. The van der Waals surface area contributed by atoms with Crippen molar-refractivity contribution in [2.45, 2.75) is 20.3 Å². The summed E-state index contributed by atoms with van der Waals surface area (Å²) in [6.45, 7) is 4.40. The number of amides is 1. The minimum atomic E-state index is -0.0426. The van der Waals surface area contributed by atoms with Crippen molar-refractivity contribution in [3.8, 4) is 0 Å². The van der Waals surface area contributed by atoms with Crippen LogP contribution in [0.5, 0.6) is 0 Å². The number of aromatic nitrogens is 2. The van der Waals surface area contributed by atoms with Crippen LogP contribution in [-0.4, -0.2) is 22.2 Å². The molecule has 1 aromatic carbocycles. The van der Waals surface area contributed by atoms with Crippen molar-refractivity contribution in [3.63, 3.8) is 0 Å². The highest BCUT2D eigenvalue weighted by Gasteiger charge is 2.16. The summed E-state index contributed by atoms with van der Waals surface area (Å²) in [5.74, 6) is -0.0426. The average molecular weight is 257 g/mol. The molecule has 1 heterocycles. The molecule has 2 rings (SSSR count). The zero-order valence-corrected chi connectivity index (χ0v) is 11.6. The van der Waals surface area contributed by atoms with Gasteiger partial charge in [-0.2, -0.15) is 5.10 Å². The smallest absolute Gasteiger partial charge is 0.255 e. The SMILES string of the molecule is Cc1nn(C)c(C)c1C(=O)NCCc1ccccc1. The maximum absolute atomic E-state index is 12.1. The number of benzene rings is 1. The lowest BCUT2D eigenvalue weighted by molar-refractivity contribution is 0.0953. The van der Waals surface area contributed by atoms with E-state index in [9.17, 15) is 4.79 Å². The molecule has 19 heavy (non-hydrogen) atoms. The fraction of sp³-hybridized carbons (Fsp3) is 0.333. The number of nitrogens with zero attached hydrogens (tertiary/aromatic N) is 2. The van der Waals surface area contributed by atoms with E-state index in [0.717, 1.165) is 17.8 Å². The van der Waals surface area contributed by atoms with E-state index < -0.39 is 0 Å². The monoisotopic (exact) mass is 257 g/mol. The van der Waals surface area contributed by atoms with Crippen LogP contribution in [0, 0.1) is 13.8 Å². The van der Waals surface area contributed by atoms with Crippen LogP contribution in [0.1, 0.15) is 27.3 Å². The van der Waals surface area contributed by atoms with Crippen LogP contribution in [0.25, 0.3) is 0 Å². The summed E-state index contributed by atoms with van der Waals surface area (Å²) in [6.07, 6.45) is 0.838. The molecule has 0 saturated heterocycles. The molecule has 1 N–H and O–H groups in total. The number of rotatable bonds is 4. The van der Waals surface area contributed by atoms with E-state index in [2.05, 4.69) is 22.5 Å². The first-order valence-corrected chi connectivity index (χ1v) is 6.42. The van der Waals surface area contributed by atoms with Crippen molar-refractivity contribution < 1.29 is 4.79 Å². The van der Waals surface area contributed by atoms with Crippen LogP contribution >= 0.6 is 0 Å². The van der Waals surface area contributed by atoms with Gasteiger partial charge in [-0.1, -0.05) is 30.3 Å². The van der Waals surface area contributed by atoms with Crippen LogP contribution < -0.4 is 5.32 Å². The number of carbonyl (C=O) groups is 1. The normalized spacial score (nSPS) is 10.5. The van der Waals surface area contributed by atoms with Crippen LogP contribution in [0.3, 0.4) is 0 Å². The fourth-order valence-corrected chi connectivity index (χ4v) is 2.16. The third-order valence-corrected chi connectivity index (χ3v) is 3.28. The van der Waals surface area contributed by atoms with Crippen LogP contribution in [-0.2, 0) is 13.5 Å². The van der Waals surface area contributed by atoms with Crippen molar-refractivity contribution in [2.24, 2.45) is 7.05 Å². The van der Waals surface area contributed by atoms with Gasteiger partial charge in [0.2, 0.25) is 0 Å². The fourth-order valence-electron chi connectivity index (χ4n) is 2.16. The van der Waals surface area contributed by atoms with E-state index in [1.54, 1.807) is 4.68 Å². The molecule has 4 heteroatoms. The van der Waals surface area contributed by atoms with Crippen molar-refractivity contribution in [3.05, 3.63) is 52.8 Å². The Morgan fingerprint density at radius 3 is 2.53 bits per heavy atom. The maximum Gasteiger partial charge on any atom is 0.255 e. The highest BCUT2D eigenvalue weighted by molar-refractivity contribution is 5.96. The molecule has 0 aliphatic heterocycles. The molecular formula is C15H19N3O. The molecule has 0 saturated carbocycles. The number of hydrogen-bond acceptors (Lipinski definition) is 2. The van der Waals surface area contributed by atoms with Gasteiger partial charge in [0.25, 0.3) is 5.91 Å². The standard InChI is InChI=1S/C15H19N3O/c1-11-14(12(2)18(3)17-11)15(19)16-10-9-13-7-5-4-6-8-13/h4-8H,9-10H2,1-3H3,(H,16,19). The van der Waals surface area contributed by atoms with Gasteiger partial charge in [0.15, 0.2) is 0 Å². The second kappa shape index (κ2) is 5.69. The van der Waals surface area contributed by atoms with Gasteiger partial charge in [-0.25, -0.2) is 0 Å². The van der Waals surface area contributed by atoms with Crippen molar-refractivity contribution in [2.75, 3.05) is 6.54 Å². The van der Waals surface area contributed by atoms with Crippen LogP contribution in [0.15, 0.2) is 30.3 Å².